The van der Waals surface area contributed by atoms with Gasteiger partial charge in [0.1, 0.15) is 0 Å². The molecule has 0 unspecified atom stereocenters. The first-order valence-corrected chi connectivity index (χ1v) is 4.87. The zero-order chi connectivity index (χ0) is 10.6. The lowest BCUT2D eigenvalue weighted by atomic mass is 10.00. The maximum absolute atomic E-state index is 11.1. The molecule has 14 heavy (non-hydrogen) atoms. The van der Waals surface area contributed by atoms with Crippen LogP contribution in [0.3, 0.4) is 0 Å². The van der Waals surface area contributed by atoms with Gasteiger partial charge in [-0.05, 0) is 23.1 Å². The van der Waals surface area contributed by atoms with Gasteiger partial charge >= 0.3 is 0 Å². The van der Waals surface area contributed by atoms with Crippen LogP contribution in [-0.4, -0.2) is 5.78 Å². The van der Waals surface area contributed by atoms with Crippen molar-refractivity contribution >= 4 is 5.78 Å². The average Bonchev–Trinajstić information content (AvgIpc) is 2.18. The summed E-state index contributed by atoms with van der Waals surface area (Å²) in [6.07, 6.45) is 1.83. The quantitative estimate of drug-likeness (QED) is 0.663. The van der Waals surface area contributed by atoms with Crippen LogP contribution in [0.5, 0.6) is 0 Å². The van der Waals surface area contributed by atoms with E-state index in [1.54, 1.807) is 0 Å². The largest absolute Gasteiger partial charge is 0.295 e. The van der Waals surface area contributed by atoms with Crippen LogP contribution in [0, 0.1) is 0 Å². The minimum absolute atomic E-state index is 0.0716. The lowest BCUT2D eigenvalue weighted by Crippen LogP contribution is -1.98. The molecule has 0 heterocycles. The van der Waals surface area contributed by atoms with Gasteiger partial charge in [0.15, 0.2) is 5.78 Å². The van der Waals surface area contributed by atoms with Crippen LogP contribution in [0.4, 0.5) is 0 Å². The van der Waals surface area contributed by atoms with Gasteiger partial charge in [0.25, 0.3) is 0 Å². The molecule has 0 radical (unpaired) electrons. The number of carbonyl (C=O) groups is 1. The molecule has 0 spiro atoms. The summed E-state index contributed by atoms with van der Waals surface area (Å²) < 4.78 is 0. The second kappa shape index (κ2) is 4.75. The van der Waals surface area contributed by atoms with E-state index in [0.717, 1.165) is 5.56 Å². The summed E-state index contributed by atoms with van der Waals surface area (Å²) in [4.78, 5) is 11.1. The van der Waals surface area contributed by atoms with Crippen molar-refractivity contribution in [3.8, 4) is 0 Å². The van der Waals surface area contributed by atoms with E-state index >= 15 is 0 Å². The zero-order valence-electron chi connectivity index (χ0n) is 8.79. The number of carbonyl (C=O) groups excluding carboxylic acids is 1. The van der Waals surface area contributed by atoms with Gasteiger partial charge in [-0.25, -0.2) is 0 Å². The van der Waals surface area contributed by atoms with Gasteiger partial charge in [0, 0.05) is 6.42 Å². The van der Waals surface area contributed by atoms with E-state index in [4.69, 9.17) is 0 Å². The second-order valence-electron chi connectivity index (χ2n) is 3.74. The van der Waals surface area contributed by atoms with Crippen molar-refractivity contribution in [1.82, 2.24) is 0 Å². The molecule has 0 saturated heterocycles. The number of allylic oxidation sites excluding steroid dienone is 1. The number of hydrogen-bond donors (Lipinski definition) is 0. The molecule has 0 aromatic heterocycles. The molecule has 0 amide bonds. The number of benzene rings is 1. The Labute approximate surface area is 85.5 Å². The Bertz CT molecular complexity index is 320. The maximum Gasteiger partial charge on any atom is 0.159 e. The smallest absolute Gasteiger partial charge is 0.159 e. The van der Waals surface area contributed by atoms with Gasteiger partial charge in [-0.15, -0.1) is 0 Å². The zero-order valence-corrected chi connectivity index (χ0v) is 8.79. The first-order chi connectivity index (χ1) is 6.63. The molecule has 0 fully saturated rings. The normalized spacial score (nSPS) is 10.2. The third kappa shape index (κ3) is 2.84. The molecular weight excluding hydrogens is 172 g/mol. The fourth-order valence-corrected chi connectivity index (χ4v) is 1.29. The third-order valence-electron chi connectivity index (χ3n) is 2.25. The highest BCUT2D eigenvalue weighted by Crippen LogP contribution is 2.14. The summed E-state index contributed by atoms with van der Waals surface area (Å²) in [5.74, 6) is 0.612. The molecule has 74 valence electrons. The Hall–Kier alpha value is -1.37. The van der Waals surface area contributed by atoms with Crippen LogP contribution in [0.25, 0.3) is 0 Å². The van der Waals surface area contributed by atoms with Crippen molar-refractivity contribution in [3.63, 3.8) is 0 Å². The molecule has 0 aliphatic rings. The first kappa shape index (κ1) is 10.7. The van der Waals surface area contributed by atoms with E-state index in [9.17, 15) is 4.79 Å². The van der Waals surface area contributed by atoms with E-state index in [0.29, 0.717) is 12.3 Å². The Morgan fingerprint density at radius 2 is 1.93 bits per heavy atom. The molecule has 0 atom stereocenters. The molecule has 1 aromatic rings. The summed E-state index contributed by atoms with van der Waals surface area (Å²) in [5.41, 5.74) is 2.36. The summed E-state index contributed by atoms with van der Waals surface area (Å²) in [7, 11) is 0. The van der Waals surface area contributed by atoms with Gasteiger partial charge in [-0.1, -0.05) is 44.7 Å². The summed E-state index contributed by atoms with van der Waals surface area (Å²) in [6, 6.07) is 8.18. The van der Waals surface area contributed by atoms with Crippen LogP contribution in [0.1, 0.15) is 30.9 Å². The van der Waals surface area contributed by atoms with E-state index < -0.39 is 0 Å². The summed E-state index contributed by atoms with van der Waals surface area (Å²) in [6.45, 7) is 7.77. The monoisotopic (exact) mass is 188 g/mol. The predicted molar refractivity (Wildman–Crippen MR) is 59.4 cm³/mol. The van der Waals surface area contributed by atoms with Crippen molar-refractivity contribution < 1.29 is 4.79 Å². The van der Waals surface area contributed by atoms with Crippen molar-refractivity contribution in [2.75, 3.05) is 0 Å². The number of rotatable bonds is 4. The Morgan fingerprint density at radius 3 is 2.36 bits per heavy atom. The highest BCUT2D eigenvalue weighted by atomic mass is 16.1. The lowest BCUT2D eigenvalue weighted by Gasteiger charge is -2.05. The molecule has 0 aliphatic carbocycles. The van der Waals surface area contributed by atoms with Crippen LogP contribution in [0.15, 0.2) is 36.9 Å². The second-order valence-corrected chi connectivity index (χ2v) is 3.74. The molecule has 1 nitrogen and oxygen atoms in total. The SMILES string of the molecule is C=CC(=O)Cc1ccc(C(C)C)cc1. The molecule has 0 aliphatic heterocycles. The van der Waals surface area contributed by atoms with Gasteiger partial charge in [-0.2, -0.15) is 0 Å². The standard InChI is InChI=1S/C13H16O/c1-4-13(14)9-11-5-7-12(8-6-11)10(2)3/h4-8,10H,1,9H2,2-3H3. The van der Waals surface area contributed by atoms with Gasteiger partial charge in [0.2, 0.25) is 0 Å². The van der Waals surface area contributed by atoms with Crippen molar-refractivity contribution in [3.05, 3.63) is 48.0 Å². The Morgan fingerprint density at radius 1 is 1.36 bits per heavy atom. The van der Waals surface area contributed by atoms with Gasteiger partial charge in [-0.3, -0.25) is 4.79 Å². The van der Waals surface area contributed by atoms with E-state index in [1.807, 2.05) is 12.1 Å². The molecule has 1 rings (SSSR count). The highest BCUT2D eigenvalue weighted by molar-refractivity contribution is 5.90. The summed E-state index contributed by atoms with van der Waals surface area (Å²) in [5, 5.41) is 0. The molecule has 0 saturated carbocycles. The Balaban J connectivity index is 2.73. The van der Waals surface area contributed by atoms with Crippen molar-refractivity contribution in [1.29, 1.82) is 0 Å². The Kier molecular flexibility index (Phi) is 3.63. The lowest BCUT2D eigenvalue weighted by molar-refractivity contribution is -0.114. The van der Waals surface area contributed by atoms with E-state index in [2.05, 4.69) is 32.6 Å². The van der Waals surface area contributed by atoms with Crippen molar-refractivity contribution in [2.24, 2.45) is 0 Å². The number of hydrogen-bond acceptors (Lipinski definition) is 1. The predicted octanol–water partition coefficient (Wildman–Crippen LogP) is 3.11. The number of ketones is 1. The fraction of sp³-hybridized carbons (Fsp3) is 0.308. The minimum Gasteiger partial charge on any atom is -0.295 e. The summed E-state index contributed by atoms with van der Waals surface area (Å²) >= 11 is 0. The molecule has 1 heteroatoms. The van der Waals surface area contributed by atoms with Gasteiger partial charge in [0.05, 0.1) is 0 Å². The molecule has 1 aromatic carbocycles. The van der Waals surface area contributed by atoms with Crippen LogP contribution in [0.2, 0.25) is 0 Å². The fourth-order valence-electron chi connectivity index (χ4n) is 1.29. The maximum atomic E-state index is 11.1. The molecular formula is C13H16O. The van der Waals surface area contributed by atoms with Gasteiger partial charge < -0.3 is 0 Å². The van der Waals surface area contributed by atoms with Crippen LogP contribution < -0.4 is 0 Å². The highest BCUT2D eigenvalue weighted by Gasteiger charge is 2.01. The topological polar surface area (TPSA) is 17.1 Å². The van der Waals surface area contributed by atoms with Crippen LogP contribution >= 0.6 is 0 Å². The molecule has 0 N–H and O–H groups in total. The molecule has 0 bridgehead atoms. The van der Waals surface area contributed by atoms with E-state index in [1.165, 1.54) is 11.6 Å². The third-order valence-corrected chi connectivity index (χ3v) is 2.25. The minimum atomic E-state index is 0.0716. The van der Waals surface area contributed by atoms with Crippen LogP contribution in [-0.2, 0) is 11.2 Å². The average molecular weight is 188 g/mol. The van der Waals surface area contributed by atoms with E-state index in [-0.39, 0.29) is 5.78 Å². The first-order valence-electron chi connectivity index (χ1n) is 4.87. The van der Waals surface area contributed by atoms with Crippen molar-refractivity contribution in [2.45, 2.75) is 26.2 Å².